The molecule has 0 spiro atoms. The number of halogens is 1. The Bertz CT molecular complexity index is 511. The second-order valence-corrected chi connectivity index (χ2v) is 5.56. The highest BCUT2D eigenvalue weighted by Gasteiger charge is 2.18. The molecule has 19 heavy (non-hydrogen) atoms. The SMILES string of the molecule is CCOc1ccc(/C=C2\CN(C)CCC2=O)cc1Br. The minimum absolute atomic E-state index is 0.253. The third-order valence-corrected chi connectivity index (χ3v) is 3.74. The van der Waals surface area contributed by atoms with E-state index in [0.29, 0.717) is 13.0 Å². The average molecular weight is 324 g/mol. The van der Waals surface area contributed by atoms with Crippen LogP contribution in [0.25, 0.3) is 6.08 Å². The monoisotopic (exact) mass is 323 g/mol. The summed E-state index contributed by atoms with van der Waals surface area (Å²) in [5.41, 5.74) is 1.90. The minimum atomic E-state index is 0.253. The lowest BCUT2D eigenvalue weighted by atomic mass is 10.0. The van der Waals surface area contributed by atoms with Crippen LogP contribution in [-0.4, -0.2) is 37.4 Å². The molecule has 0 aromatic heterocycles. The van der Waals surface area contributed by atoms with Gasteiger partial charge >= 0.3 is 0 Å². The fourth-order valence-electron chi connectivity index (χ4n) is 2.12. The van der Waals surface area contributed by atoms with Crippen molar-refractivity contribution in [3.8, 4) is 5.75 Å². The highest BCUT2D eigenvalue weighted by atomic mass is 79.9. The number of hydrogen-bond donors (Lipinski definition) is 0. The van der Waals surface area contributed by atoms with E-state index < -0.39 is 0 Å². The van der Waals surface area contributed by atoms with Gasteiger partial charge in [-0.1, -0.05) is 6.07 Å². The molecule has 0 bridgehead atoms. The summed E-state index contributed by atoms with van der Waals surface area (Å²) in [6.07, 6.45) is 2.58. The quantitative estimate of drug-likeness (QED) is 0.800. The van der Waals surface area contributed by atoms with Gasteiger partial charge in [-0.25, -0.2) is 0 Å². The molecule has 0 unspecified atom stereocenters. The van der Waals surface area contributed by atoms with Crippen LogP contribution >= 0.6 is 15.9 Å². The molecule has 1 aromatic rings. The molecule has 0 radical (unpaired) electrons. The average Bonchev–Trinajstić information content (AvgIpc) is 2.37. The van der Waals surface area contributed by atoms with Gasteiger partial charge in [-0.05, 0) is 53.7 Å². The van der Waals surface area contributed by atoms with Crippen LogP contribution in [0, 0.1) is 0 Å². The Morgan fingerprint density at radius 3 is 2.95 bits per heavy atom. The first kappa shape index (κ1) is 14.3. The van der Waals surface area contributed by atoms with Gasteiger partial charge in [0.2, 0.25) is 0 Å². The number of carbonyl (C=O) groups is 1. The zero-order valence-corrected chi connectivity index (χ0v) is 12.9. The number of rotatable bonds is 3. The van der Waals surface area contributed by atoms with E-state index in [9.17, 15) is 4.79 Å². The molecule has 0 atom stereocenters. The van der Waals surface area contributed by atoms with Gasteiger partial charge in [0, 0.05) is 25.1 Å². The fourth-order valence-corrected chi connectivity index (χ4v) is 2.63. The number of ketones is 1. The highest BCUT2D eigenvalue weighted by molar-refractivity contribution is 9.10. The van der Waals surface area contributed by atoms with Crippen LogP contribution in [0.15, 0.2) is 28.2 Å². The molecule has 1 aliphatic heterocycles. The van der Waals surface area contributed by atoms with Crippen molar-refractivity contribution in [1.82, 2.24) is 4.90 Å². The molecule has 3 nitrogen and oxygen atoms in total. The van der Waals surface area contributed by atoms with E-state index in [4.69, 9.17) is 4.74 Å². The Hall–Kier alpha value is -1.13. The number of hydrogen-bond acceptors (Lipinski definition) is 3. The molecule has 1 aliphatic rings. The Labute approximate surface area is 122 Å². The van der Waals surface area contributed by atoms with E-state index >= 15 is 0 Å². The first-order valence-corrected chi connectivity index (χ1v) is 7.24. The van der Waals surface area contributed by atoms with Crippen molar-refractivity contribution in [2.45, 2.75) is 13.3 Å². The highest BCUT2D eigenvalue weighted by Crippen LogP contribution is 2.27. The summed E-state index contributed by atoms with van der Waals surface area (Å²) < 4.78 is 6.39. The number of ether oxygens (including phenoxy) is 1. The number of likely N-dealkylation sites (tertiary alicyclic amines) is 1. The molecule has 0 N–H and O–H groups in total. The van der Waals surface area contributed by atoms with E-state index in [1.807, 2.05) is 38.2 Å². The minimum Gasteiger partial charge on any atom is -0.493 e. The third kappa shape index (κ3) is 3.67. The molecule has 0 aliphatic carbocycles. The zero-order valence-electron chi connectivity index (χ0n) is 11.3. The lowest BCUT2D eigenvalue weighted by molar-refractivity contribution is -0.117. The Balaban J connectivity index is 2.22. The number of benzene rings is 1. The number of carbonyl (C=O) groups excluding carboxylic acids is 1. The van der Waals surface area contributed by atoms with E-state index in [1.54, 1.807) is 0 Å². The van der Waals surface area contributed by atoms with Crippen LogP contribution in [-0.2, 0) is 4.79 Å². The van der Waals surface area contributed by atoms with Crippen LogP contribution in [0.1, 0.15) is 18.9 Å². The summed E-state index contributed by atoms with van der Waals surface area (Å²) in [5, 5.41) is 0. The van der Waals surface area contributed by atoms with E-state index in [1.165, 1.54) is 0 Å². The van der Waals surface area contributed by atoms with Gasteiger partial charge in [0.05, 0.1) is 11.1 Å². The molecule has 0 amide bonds. The number of nitrogens with zero attached hydrogens (tertiary/aromatic N) is 1. The third-order valence-electron chi connectivity index (χ3n) is 3.12. The van der Waals surface area contributed by atoms with Crippen molar-refractivity contribution in [3.05, 3.63) is 33.8 Å². The van der Waals surface area contributed by atoms with E-state index in [0.717, 1.165) is 34.4 Å². The number of piperidine rings is 1. The smallest absolute Gasteiger partial charge is 0.161 e. The summed E-state index contributed by atoms with van der Waals surface area (Å²) in [5.74, 6) is 1.08. The van der Waals surface area contributed by atoms with Gasteiger partial charge in [0.15, 0.2) is 5.78 Å². The lowest BCUT2D eigenvalue weighted by Crippen LogP contribution is -2.32. The van der Waals surface area contributed by atoms with Gasteiger partial charge in [0.25, 0.3) is 0 Å². The molecule has 2 rings (SSSR count). The predicted octanol–water partition coefficient (Wildman–Crippen LogP) is 3.14. The van der Waals surface area contributed by atoms with Crippen LogP contribution < -0.4 is 4.74 Å². The zero-order chi connectivity index (χ0) is 13.8. The molecule has 1 fully saturated rings. The van der Waals surface area contributed by atoms with Crippen LogP contribution in [0.4, 0.5) is 0 Å². The second-order valence-electron chi connectivity index (χ2n) is 4.70. The Kier molecular flexibility index (Phi) is 4.77. The summed E-state index contributed by atoms with van der Waals surface area (Å²) in [6.45, 7) is 4.17. The normalized spacial score (nSPS) is 18.9. The standard InChI is InChI=1S/C15H18BrNO2/c1-3-19-15-5-4-11(9-13(15)16)8-12-10-17(2)7-6-14(12)18/h4-5,8-9H,3,6-7,10H2,1-2H3/b12-8+. The van der Waals surface area contributed by atoms with Crippen molar-refractivity contribution < 1.29 is 9.53 Å². The van der Waals surface area contributed by atoms with Crippen molar-refractivity contribution in [2.75, 3.05) is 26.7 Å². The first-order chi connectivity index (χ1) is 9.10. The molecule has 1 heterocycles. The van der Waals surface area contributed by atoms with Crippen LogP contribution in [0.2, 0.25) is 0 Å². The summed E-state index contributed by atoms with van der Waals surface area (Å²) >= 11 is 3.49. The number of Topliss-reactive ketones (excluding diaryl/α,β-unsaturated/α-hetero) is 1. The van der Waals surface area contributed by atoms with Gasteiger partial charge < -0.3 is 9.64 Å². The lowest BCUT2D eigenvalue weighted by Gasteiger charge is -2.23. The summed E-state index contributed by atoms with van der Waals surface area (Å²) in [4.78, 5) is 14.0. The van der Waals surface area contributed by atoms with Gasteiger partial charge in [-0.3, -0.25) is 4.79 Å². The van der Waals surface area contributed by atoms with Crippen molar-refractivity contribution in [1.29, 1.82) is 0 Å². The molecule has 102 valence electrons. The van der Waals surface area contributed by atoms with Crippen molar-refractivity contribution in [3.63, 3.8) is 0 Å². The summed E-state index contributed by atoms with van der Waals surface area (Å²) in [6, 6.07) is 5.89. The molecule has 1 saturated heterocycles. The van der Waals surface area contributed by atoms with Crippen molar-refractivity contribution >= 4 is 27.8 Å². The molecule has 4 heteroatoms. The summed E-state index contributed by atoms with van der Waals surface area (Å²) in [7, 11) is 2.04. The van der Waals surface area contributed by atoms with E-state index in [2.05, 4.69) is 20.8 Å². The van der Waals surface area contributed by atoms with Gasteiger partial charge in [-0.2, -0.15) is 0 Å². The molecular weight excluding hydrogens is 306 g/mol. The Morgan fingerprint density at radius 2 is 2.26 bits per heavy atom. The maximum absolute atomic E-state index is 11.9. The predicted molar refractivity (Wildman–Crippen MR) is 80.4 cm³/mol. The molecule has 0 saturated carbocycles. The first-order valence-electron chi connectivity index (χ1n) is 6.45. The van der Waals surface area contributed by atoms with Crippen molar-refractivity contribution in [2.24, 2.45) is 0 Å². The fraction of sp³-hybridized carbons (Fsp3) is 0.400. The van der Waals surface area contributed by atoms with E-state index in [-0.39, 0.29) is 5.78 Å². The largest absolute Gasteiger partial charge is 0.493 e. The molecule has 1 aromatic carbocycles. The second kappa shape index (κ2) is 6.35. The van der Waals surface area contributed by atoms with Gasteiger partial charge in [-0.15, -0.1) is 0 Å². The maximum Gasteiger partial charge on any atom is 0.161 e. The van der Waals surface area contributed by atoms with Crippen LogP contribution in [0.3, 0.4) is 0 Å². The van der Waals surface area contributed by atoms with Crippen LogP contribution in [0.5, 0.6) is 5.75 Å². The van der Waals surface area contributed by atoms with Gasteiger partial charge in [0.1, 0.15) is 5.75 Å². The topological polar surface area (TPSA) is 29.5 Å². The Morgan fingerprint density at radius 1 is 1.47 bits per heavy atom. The number of likely N-dealkylation sites (N-methyl/N-ethyl adjacent to an activating group) is 1. The molecular formula is C15H18BrNO2. The maximum atomic E-state index is 11.9.